The van der Waals surface area contributed by atoms with Gasteiger partial charge in [0.1, 0.15) is 0 Å². The minimum Gasteiger partial charge on any atom is -0.396 e. The molecular weight excluding hydrogens is 332 g/mol. The maximum absolute atomic E-state index is 10.9. The second-order valence-corrected chi connectivity index (χ2v) is 11.3. The van der Waals surface area contributed by atoms with Gasteiger partial charge >= 0.3 is 0 Å². The van der Waals surface area contributed by atoms with Crippen LogP contribution in [0.1, 0.15) is 97.8 Å². The van der Waals surface area contributed by atoms with E-state index in [4.69, 9.17) is 0 Å². The highest BCUT2D eigenvalue weighted by Crippen LogP contribution is 2.66. The quantitative estimate of drug-likeness (QED) is 0.636. The highest BCUT2D eigenvalue weighted by molar-refractivity contribution is 5.07. The predicted octanol–water partition coefficient (Wildman–Crippen LogP) is 5.80. The van der Waals surface area contributed by atoms with E-state index < -0.39 is 0 Å². The Balaban J connectivity index is 1.47. The van der Waals surface area contributed by atoms with Gasteiger partial charge in [-0.1, -0.05) is 20.8 Å². The summed E-state index contributed by atoms with van der Waals surface area (Å²) in [5.74, 6) is 6.23. The van der Waals surface area contributed by atoms with E-state index >= 15 is 0 Å². The third-order valence-electron chi connectivity index (χ3n) is 10.3. The Morgan fingerprint density at radius 3 is 2.48 bits per heavy atom. The highest BCUT2D eigenvalue weighted by atomic mass is 16.3. The molecule has 9 atom stereocenters. The normalized spacial score (nSPS) is 50.6. The molecular formula is C25H44O2. The molecule has 0 heterocycles. The smallest absolute Gasteiger partial charge is 0.0648 e. The van der Waals surface area contributed by atoms with Crippen molar-refractivity contribution in [3.8, 4) is 0 Å². The van der Waals surface area contributed by atoms with Crippen LogP contribution in [0.5, 0.6) is 0 Å². The average molecular weight is 377 g/mol. The Kier molecular flexibility index (Phi) is 5.71. The molecule has 2 N–H and O–H groups in total. The predicted molar refractivity (Wildman–Crippen MR) is 111 cm³/mol. The van der Waals surface area contributed by atoms with Gasteiger partial charge in [-0.15, -0.1) is 0 Å². The molecule has 4 aliphatic rings. The molecule has 156 valence electrons. The maximum Gasteiger partial charge on any atom is 0.0648 e. The summed E-state index contributed by atoms with van der Waals surface area (Å²) in [4.78, 5) is 0. The topological polar surface area (TPSA) is 40.5 Å². The SMILES string of the molecule is CC[C@]1(O)CC[C@H]2[C@@H](CCC3[C@@H]2CC[C@]2(C)[C@@H]([C@H](C)CCCO)CC[C@@H]32)C1. The van der Waals surface area contributed by atoms with E-state index in [-0.39, 0.29) is 5.60 Å². The summed E-state index contributed by atoms with van der Waals surface area (Å²) in [6.45, 7) is 7.64. The van der Waals surface area contributed by atoms with Gasteiger partial charge in [0.2, 0.25) is 0 Å². The number of hydrogen-bond acceptors (Lipinski definition) is 2. The third-order valence-corrected chi connectivity index (χ3v) is 10.3. The fourth-order valence-electron chi connectivity index (χ4n) is 8.87. The Morgan fingerprint density at radius 2 is 1.74 bits per heavy atom. The van der Waals surface area contributed by atoms with E-state index in [1.807, 2.05) is 0 Å². The lowest BCUT2D eigenvalue weighted by atomic mass is 9.48. The summed E-state index contributed by atoms with van der Waals surface area (Å²) >= 11 is 0. The number of aliphatic hydroxyl groups excluding tert-OH is 1. The lowest BCUT2D eigenvalue weighted by Crippen LogP contribution is -2.51. The Bertz CT molecular complexity index is 518. The number of aliphatic hydroxyl groups is 2. The van der Waals surface area contributed by atoms with Crippen LogP contribution >= 0.6 is 0 Å². The van der Waals surface area contributed by atoms with Gasteiger partial charge < -0.3 is 10.2 Å². The second kappa shape index (κ2) is 7.63. The van der Waals surface area contributed by atoms with Crippen LogP contribution in [0.2, 0.25) is 0 Å². The van der Waals surface area contributed by atoms with Crippen molar-refractivity contribution in [2.45, 2.75) is 103 Å². The molecule has 0 aliphatic heterocycles. The average Bonchev–Trinajstić information content (AvgIpc) is 3.03. The van der Waals surface area contributed by atoms with Gasteiger partial charge in [0.05, 0.1) is 5.60 Å². The molecule has 4 rings (SSSR count). The summed E-state index contributed by atoms with van der Waals surface area (Å²) in [6.07, 6.45) is 15.1. The molecule has 0 bridgehead atoms. The standard InChI is InChI=1S/C25H44O2/c1-4-25(27)14-12-19-18(16-25)7-8-21-20(19)11-13-24(3)22(9-10-23(21)24)17(2)6-5-15-26/h17-23,26-27H,4-16H2,1-3H3/t17-,18+,19+,20-,21?,22-,23+,24-,25+/m1/s1. The Hall–Kier alpha value is -0.0800. The molecule has 1 unspecified atom stereocenters. The van der Waals surface area contributed by atoms with Gasteiger partial charge in [-0.25, -0.2) is 0 Å². The summed E-state index contributed by atoms with van der Waals surface area (Å²) in [5.41, 5.74) is 0.208. The van der Waals surface area contributed by atoms with Gasteiger partial charge in [-0.3, -0.25) is 0 Å². The molecule has 2 heteroatoms. The maximum atomic E-state index is 10.9. The Morgan fingerprint density at radius 1 is 0.963 bits per heavy atom. The Labute approximate surface area is 167 Å². The summed E-state index contributed by atoms with van der Waals surface area (Å²) < 4.78 is 0. The number of rotatable bonds is 5. The van der Waals surface area contributed by atoms with Crippen LogP contribution in [0, 0.1) is 46.8 Å². The zero-order valence-corrected chi connectivity index (χ0v) is 18.1. The summed E-state index contributed by atoms with van der Waals surface area (Å²) in [5, 5.41) is 20.1. The van der Waals surface area contributed by atoms with Gasteiger partial charge in [-0.05, 0) is 124 Å². The zero-order chi connectivity index (χ0) is 19.2. The first-order valence-electron chi connectivity index (χ1n) is 12.2. The van der Waals surface area contributed by atoms with Gasteiger partial charge in [0.25, 0.3) is 0 Å². The molecule has 4 fully saturated rings. The van der Waals surface area contributed by atoms with Crippen molar-refractivity contribution in [2.24, 2.45) is 46.8 Å². The molecule has 0 amide bonds. The van der Waals surface area contributed by atoms with E-state index in [1.54, 1.807) is 0 Å². The van der Waals surface area contributed by atoms with Crippen LogP contribution in [-0.2, 0) is 0 Å². The fraction of sp³-hybridized carbons (Fsp3) is 1.00. The molecule has 2 nitrogen and oxygen atoms in total. The fourth-order valence-corrected chi connectivity index (χ4v) is 8.87. The molecule has 0 radical (unpaired) electrons. The largest absolute Gasteiger partial charge is 0.396 e. The first kappa shape index (κ1) is 20.2. The van der Waals surface area contributed by atoms with Crippen LogP contribution in [0.15, 0.2) is 0 Å². The van der Waals surface area contributed by atoms with Crippen molar-refractivity contribution in [1.82, 2.24) is 0 Å². The van der Waals surface area contributed by atoms with Crippen molar-refractivity contribution < 1.29 is 10.2 Å². The molecule has 0 saturated heterocycles. The third kappa shape index (κ3) is 3.41. The molecule has 0 spiro atoms. The van der Waals surface area contributed by atoms with E-state index in [9.17, 15) is 10.2 Å². The van der Waals surface area contributed by atoms with E-state index in [0.717, 1.165) is 67.1 Å². The lowest BCUT2D eigenvalue weighted by molar-refractivity contribution is -0.109. The minimum absolute atomic E-state index is 0.349. The van der Waals surface area contributed by atoms with Gasteiger partial charge in [0, 0.05) is 6.61 Å². The van der Waals surface area contributed by atoms with Gasteiger partial charge in [-0.2, -0.15) is 0 Å². The first-order valence-corrected chi connectivity index (χ1v) is 12.2. The van der Waals surface area contributed by atoms with E-state index in [0.29, 0.717) is 12.0 Å². The summed E-state index contributed by atoms with van der Waals surface area (Å²) in [6, 6.07) is 0. The van der Waals surface area contributed by atoms with Crippen molar-refractivity contribution in [1.29, 1.82) is 0 Å². The minimum atomic E-state index is -0.349. The molecule has 4 saturated carbocycles. The monoisotopic (exact) mass is 376 g/mol. The van der Waals surface area contributed by atoms with E-state index in [2.05, 4.69) is 20.8 Å². The van der Waals surface area contributed by atoms with Crippen molar-refractivity contribution in [3.05, 3.63) is 0 Å². The highest BCUT2D eigenvalue weighted by Gasteiger charge is 2.58. The van der Waals surface area contributed by atoms with E-state index in [1.165, 1.54) is 51.4 Å². The lowest BCUT2D eigenvalue weighted by Gasteiger charge is -2.57. The zero-order valence-electron chi connectivity index (χ0n) is 18.1. The van der Waals surface area contributed by atoms with Crippen LogP contribution in [0.25, 0.3) is 0 Å². The molecule has 4 aliphatic carbocycles. The molecule has 0 aromatic carbocycles. The van der Waals surface area contributed by atoms with Crippen LogP contribution in [0.4, 0.5) is 0 Å². The molecule has 0 aromatic heterocycles. The van der Waals surface area contributed by atoms with Crippen molar-refractivity contribution >= 4 is 0 Å². The second-order valence-electron chi connectivity index (χ2n) is 11.3. The van der Waals surface area contributed by atoms with Crippen LogP contribution in [-0.4, -0.2) is 22.4 Å². The van der Waals surface area contributed by atoms with Crippen LogP contribution < -0.4 is 0 Å². The van der Waals surface area contributed by atoms with Crippen molar-refractivity contribution in [2.75, 3.05) is 6.61 Å². The van der Waals surface area contributed by atoms with Crippen LogP contribution in [0.3, 0.4) is 0 Å². The molecule has 0 aromatic rings. The van der Waals surface area contributed by atoms with Crippen molar-refractivity contribution in [3.63, 3.8) is 0 Å². The summed E-state index contributed by atoms with van der Waals surface area (Å²) in [7, 11) is 0. The van der Waals surface area contributed by atoms with Gasteiger partial charge in [0.15, 0.2) is 0 Å². The number of hydrogen-bond donors (Lipinski definition) is 2. The molecule has 27 heavy (non-hydrogen) atoms. The first-order chi connectivity index (χ1) is 12.9. The number of fused-ring (bicyclic) bond motifs is 5.